The van der Waals surface area contributed by atoms with E-state index in [1.165, 1.54) is 18.2 Å². The van der Waals surface area contributed by atoms with Crippen LogP contribution in [-0.2, 0) is 22.2 Å². The molecule has 4 amide bonds. The SMILES string of the molecule is CN1CCN2c3ccc([N+](=O)[O-])cc3C[C@@]3(C(=O)NC(=O)N(c4cccc(C(F)(F)F)c4)C3=O)[C@H]2C1. The first-order valence-corrected chi connectivity index (χ1v) is 11.0. The molecule has 10 nitrogen and oxygen atoms in total. The van der Waals surface area contributed by atoms with Gasteiger partial charge in [-0.2, -0.15) is 13.2 Å². The molecule has 36 heavy (non-hydrogen) atoms. The summed E-state index contributed by atoms with van der Waals surface area (Å²) in [4.78, 5) is 55.4. The number of carbonyl (C=O) groups excluding carboxylic acids is 3. The van der Waals surface area contributed by atoms with E-state index >= 15 is 0 Å². The number of carbonyl (C=O) groups is 3. The normalized spacial score (nSPS) is 24.4. The molecule has 3 aliphatic heterocycles. The predicted molar refractivity (Wildman–Crippen MR) is 120 cm³/mol. The maximum Gasteiger partial charge on any atom is 0.416 e. The Hall–Kier alpha value is -4.00. The summed E-state index contributed by atoms with van der Waals surface area (Å²) < 4.78 is 40.0. The van der Waals surface area contributed by atoms with Gasteiger partial charge in [-0.15, -0.1) is 0 Å². The first-order valence-electron chi connectivity index (χ1n) is 11.0. The van der Waals surface area contributed by atoms with Crippen molar-refractivity contribution in [1.29, 1.82) is 0 Å². The van der Waals surface area contributed by atoms with Gasteiger partial charge in [0.25, 0.3) is 11.6 Å². The highest BCUT2D eigenvalue weighted by Gasteiger charge is 2.63. The Bertz CT molecular complexity index is 1320. The van der Waals surface area contributed by atoms with Gasteiger partial charge in [0.05, 0.1) is 22.2 Å². The lowest BCUT2D eigenvalue weighted by atomic mass is 9.67. The number of non-ortho nitro benzene ring substituents is 1. The van der Waals surface area contributed by atoms with Crippen molar-refractivity contribution in [3.63, 3.8) is 0 Å². The van der Waals surface area contributed by atoms with E-state index in [1.54, 1.807) is 13.1 Å². The molecule has 2 aromatic carbocycles. The first kappa shape index (κ1) is 23.7. The second-order valence-electron chi connectivity index (χ2n) is 9.14. The Kier molecular flexibility index (Phi) is 5.28. The van der Waals surface area contributed by atoms with Crippen LogP contribution in [0.25, 0.3) is 0 Å². The van der Waals surface area contributed by atoms with Gasteiger partial charge in [0.1, 0.15) is 0 Å². The molecule has 188 valence electrons. The molecule has 1 N–H and O–H groups in total. The summed E-state index contributed by atoms with van der Waals surface area (Å²) in [6.07, 6.45) is -4.98. The number of imide groups is 2. The maximum atomic E-state index is 14.1. The molecule has 0 bridgehead atoms. The van der Waals surface area contributed by atoms with Crippen molar-refractivity contribution in [3.8, 4) is 0 Å². The van der Waals surface area contributed by atoms with Gasteiger partial charge in [-0.1, -0.05) is 6.07 Å². The average molecular weight is 503 g/mol. The number of anilines is 2. The van der Waals surface area contributed by atoms with Crippen LogP contribution < -0.4 is 15.1 Å². The van der Waals surface area contributed by atoms with Gasteiger partial charge in [-0.25, -0.2) is 9.69 Å². The summed E-state index contributed by atoms with van der Waals surface area (Å²) in [5, 5.41) is 13.6. The summed E-state index contributed by atoms with van der Waals surface area (Å²) in [6.45, 7) is 1.22. The zero-order chi connectivity index (χ0) is 26.0. The van der Waals surface area contributed by atoms with Crippen molar-refractivity contribution in [2.45, 2.75) is 18.6 Å². The second-order valence-corrected chi connectivity index (χ2v) is 9.14. The number of hydrogen-bond donors (Lipinski definition) is 1. The molecule has 0 aromatic heterocycles. The van der Waals surface area contributed by atoms with Gasteiger partial charge < -0.3 is 9.80 Å². The van der Waals surface area contributed by atoms with E-state index in [0.717, 1.165) is 12.1 Å². The zero-order valence-corrected chi connectivity index (χ0v) is 18.9. The third kappa shape index (κ3) is 3.49. The van der Waals surface area contributed by atoms with Crippen LogP contribution in [0.4, 0.5) is 35.0 Å². The zero-order valence-electron chi connectivity index (χ0n) is 18.9. The number of nitrogens with zero attached hydrogens (tertiary/aromatic N) is 4. The number of likely N-dealkylation sites (N-methyl/N-ethyl adjacent to an activating group) is 1. The number of halogens is 3. The number of amides is 4. The van der Waals surface area contributed by atoms with Crippen LogP contribution in [0.5, 0.6) is 0 Å². The molecule has 0 aliphatic carbocycles. The number of alkyl halides is 3. The van der Waals surface area contributed by atoms with Gasteiger partial charge in [-0.3, -0.25) is 25.0 Å². The van der Waals surface area contributed by atoms with Gasteiger partial charge in [0.2, 0.25) is 5.91 Å². The first-order chi connectivity index (χ1) is 16.9. The number of urea groups is 1. The highest BCUT2D eigenvalue weighted by molar-refractivity contribution is 6.30. The Balaban J connectivity index is 1.67. The fourth-order valence-corrected chi connectivity index (χ4v) is 5.31. The Morgan fingerprint density at radius 3 is 2.56 bits per heavy atom. The van der Waals surface area contributed by atoms with Crippen LogP contribution in [0.15, 0.2) is 42.5 Å². The average Bonchev–Trinajstić information content (AvgIpc) is 2.81. The smallest absolute Gasteiger partial charge is 0.364 e. The van der Waals surface area contributed by atoms with Crippen molar-refractivity contribution in [2.24, 2.45) is 5.41 Å². The standard InChI is InChI=1S/C23H20F3N5O5/c1-28-7-8-29-17-6-5-16(31(35)36)9-13(17)11-22(18(29)12-28)19(32)27-21(34)30(20(22)33)15-4-2-3-14(10-15)23(24,25)26/h2-6,9-10,18H,7-8,11-12H2,1H3,(H,27,32,34)/t18-,22+/m1/s1. The highest BCUT2D eigenvalue weighted by Crippen LogP contribution is 2.47. The molecule has 1 spiro atoms. The number of fused-ring (bicyclic) bond motifs is 4. The van der Waals surface area contributed by atoms with Crippen molar-refractivity contribution in [2.75, 3.05) is 36.5 Å². The fraction of sp³-hybridized carbons (Fsp3) is 0.348. The van der Waals surface area contributed by atoms with Crippen LogP contribution >= 0.6 is 0 Å². The van der Waals surface area contributed by atoms with Gasteiger partial charge >= 0.3 is 12.2 Å². The van der Waals surface area contributed by atoms with E-state index in [4.69, 9.17) is 0 Å². The van der Waals surface area contributed by atoms with E-state index < -0.39 is 46.0 Å². The van der Waals surface area contributed by atoms with Gasteiger partial charge in [-0.05, 0) is 36.9 Å². The molecule has 2 saturated heterocycles. The quantitative estimate of drug-likeness (QED) is 0.380. The molecule has 2 fully saturated rings. The molecule has 3 heterocycles. The number of nitro benzene ring substituents is 1. The monoisotopic (exact) mass is 503 g/mol. The summed E-state index contributed by atoms with van der Waals surface area (Å²) >= 11 is 0. The number of piperazine rings is 1. The molecule has 0 unspecified atom stereocenters. The highest BCUT2D eigenvalue weighted by atomic mass is 19.4. The molecule has 3 aliphatic rings. The third-order valence-electron chi connectivity index (χ3n) is 7.05. The Morgan fingerprint density at radius 2 is 1.86 bits per heavy atom. The van der Waals surface area contributed by atoms with E-state index in [-0.39, 0.29) is 24.3 Å². The van der Waals surface area contributed by atoms with Crippen LogP contribution in [0.3, 0.4) is 0 Å². The minimum absolute atomic E-state index is 0.231. The van der Waals surface area contributed by atoms with Crippen molar-refractivity contribution in [3.05, 3.63) is 63.7 Å². The minimum Gasteiger partial charge on any atom is -0.364 e. The van der Waals surface area contributed by atoms with E-state index in [9.17, 15) is 37.7 Å². The van der Waals surface area contributed by atoms with Crippen LogP contribution in [0, 0.1) is 15.5 Å². The number of nitro groups is 1. The van der Waals surface area contributed by atoms with Gasteiger partial charge in [0.15, 0.2) is 5.41 Å². The number of hydrogen-bond acceptors (Lipinski definition) is 7. The number of benzene rings is 2. The van der Waals surface area contributed by atoms with E-state index in [0.29, 0.717) is 35.3 Å². The summed E-state index contributed by atoms with van der Waals surface area (Å²) in [7, 11) is 1.80. The van der Waals surface area contributed by atoms with Gasteiger partial charge in [0, 0.05) is 43.9 Å². The van der Waals surface area contributed by atoms with E-state index in [2.05, 4.69) is 5.32 Å². The van der Waals surface area contributed by atoms with Crippen LogP contribution in [0.2, 0.25) is 0 Å². The molecular weight excluding hydrogens is 483 g/mol. The molecule has 5 rings (SSSR count). The molecule has 2 atom stereocenters. The molecular formula is C23H20F3N5O5. The lowest BCUT2D eigenvalue weighted by molar-refractivity contribution is -0.384. The van der Waals surface area contributed by atoms with Crippen molar-refractivity contribution >= 4 is 34.9 Å². The van der Waals surface area contributed by atoms with Crippen molar-refractivity contribution in [1.82, 2.24) is 10.2 Å². The largest absolute Gasteiger partial charge is 0.416 e. The molecule has 2 aromatic rings. The third-order valence-corrected chi connectivity index (χ3v) is 7.05. The fourth-order valence-electron chi connectivity index (χ4n) is 5.31. The maximum absolute atomic E-state index is 14.1. The molecule has 0 radical (unpaired) electrons. The summed E-state index contributed by atoms with van der Waals surface area (Å²) in [6, 6.07) is 6.02. The predicted octanol–water partition coefficient (Wildman–Crippen LogP) is 2.56. The molecule has 0 saturated carbocycles. The number of nitrogens with one attached hydrogen (secondary N) is 1. The molecule has 13 heteroatoms. The summed E-state index contributed by atoms with van der Waals surface area (Å²) in [5.41, 5.74) is -2.53. The lowest BCUT2D eigenvalue weighted by Gasteiger charge is -2.54. The van der Waals surface area contributed by atoms with Crippen LogP contribution in [0.1, 0.15) is 11.1 Å². The summed E-state index contributed by atoms with van der Waals surface area (Å²) in [5.74, 6) is -1.86. The second kappa shape index (κ2) is 8.01. The lowest BCUT2D eigenvalue weighted by Crippen LogP contribution is -2.75. The Labute approximate surface area is 202 Å². The van der Waals surface area contributed by atoms with E-state index in [1.807, 2.05) is 9.80 Å². The number of rotatable bonds is 2. The minimum atomic E-state index is -4.72. The van der Waals surface area contributed by atoms with Crippen LogP contribution in [-0.4, -0.2) is 60.4 Å². The van der Waals surface area contributed by atoms with Crippen molar-refractivity contribution < 1.29 is 32.5 Å². The number of barbiturate groups is 1. The topological polar surface area (TPSA) is 116 Å². The Morgan fingerprint density at radius 1 is 1.11 bits per heavy atom.